The smallest absolute Gasteiger partial charge is 0.308 e. The van der Waals surface area contributed by atoms with Gasteiger partial charge >= 0.3 is 5.97 Å². The maximum absolute atomic E-state index is 10.7. The summed E-state index contributed by atoms with van der Waals surface area (Å²) in [4.78, 5) is 10.7. The third kappa shape index (κ3) is 1.38. The van der Waals surface area contributed by atoms with Gasteiger partial charge in [0.2, 0.25) is 0 Å². The number of hydrogen-bond donors (Lipinski definition) is 1. The molecule has 1 aromatic carbocycles. The van der Waals surface area contributed by atoms with E-state index in [2.05, 4.69) is 10.2 Å². The topological polar surface area (TPSA) is 55.0 Å². The molecule has 0 saturated heterocycles. The summed E-state index contributed by atoms with van der Waals surface area (Å²) < 4.78 is 4.98. The fourth-order valence-electron chi connectivity index (χ4n) is 1.18. The van der Waals surface area contributed by atoms with Crippen LogP contribution in [-0.2, 0) is 4.79 Å². The van der Waals surface area contributed by atoms with Gasteiger partial charge in [0, 0.05) is 12.3 Å². The standard InChI is InChI=1S/C9H8N2O2/c1-6(12)13-8-4-2-3-7-5-10-11-9(7)8/h2-5H,1H3,(H,10,11). The van der Waals surface area contributed by atoms with Crippen molar-refractivity contribution >= 4 is 16.9 Å². The third-order valence-corrected chi connectivity index (χ3v) is 1.69. The van der Waals surface area contributed by atoms with Crippen LogP contribution in [0.3, 0.4) is 0 Å². The lowest BCUT2D eigenvalue weighted by Crippen LogP contribution is -2.01. The maximum atomic E-state index is 10.7. The third-order valence-electron chi connectivity index (χ3n) is 1.69. The van der Waals surface area contributed by atoms with Gasteiger partial charge in [0.25, 0.3) is 0 Å². The second-order valence-electron chi connectivity index (χ2n) is 2.68. The molecular weight excluding hydrogens is 168 g/mol. The number of aromatic amines is 1. The van der Waals surface area contributed by atoms with E-state index in [-0.39, 0.29) is 5.97 Å². The average Bonchev–Trinajstić information content (AvgIpc) is 2.51. The van der Waals surface area contributed by atoms with Crippen molar-refractivity contribution in [3.63, 3.8) is 0 Å². The van der Waals surface area contributed by atoms with Crippen molar-refractivity contribution in [2.24, 2.45) is 0 Å². The number of para-hydroxylation sites is 1. The molecule has 1 heterocycles. The fraction of sp³-hybridized carbons (Fsp3) is 0.111. The number of benzene rings is 1. The Morgan fingerprint density at radius 3 is 3.15 bits per heavy atom. The molecule has 4 nitrogen and oxygen atoms in total. The number of carbonyl (C=O) groups is 1. The molecule has 0 unspecified atom stereocenters. The van der Waals surface area contributed by atoms with Crippen LogP contribution in [0, 0.1) is 0 Å². The van der Waals surface area contributed by atoms with Crippen LogP contribution in [0.2, 0.25) is 0 Å². The zero-order valence-corrected chi connectivity index (χ0v) is 7.07. The van der Waals surface area contributed by atoms with E-state index in [9.17, 15) is 4.79 Å². The van der Waals surface area contributed by atoms with E-state index in [0.29, 0.717) is 5.75 Å². The van der Waals surface area contributed by atoms with Gasteiger partial charge in [0.15, 0.2) is 5.75 Å². The Bertz CT molecular complexity index is 448. The normalized spacial score (nSPS) is 10.2. The molecule has 0 aliphatic heterocycles. The highest BCUT2D eigenvalue weighted by Crippen LogP contribution is 2.22. The van der Waals surface area contributed by atoms with E-state index in [1.54, 1.807) is 12.3 Å². The minimum absolute atomic E-state index is 0.331. The quantitative estimate of drug-likeness (QED) is 0.529. The SMILES string of the molecule is CC(=O)Oc1cccc2cn[nH]c12. The van der Waals surface area contributed by atoms with Crippen molar-refractivity contribution in [1.82, 2.24) is 10.2 Å². The van der Waals surface area contributed by atoms with Gasteiger partial charge in [0.05, 0.1) is 6.20 Å². The maximum Gasteiger partial charge on any atom is 0.308 e. The van der Waals surface area contributed by atoms with E-state index in [1.807, 2.05) is 12.1 Å². The summed E-state index contributed by atoms with van der Waals surface area (Å²) >= 11 is 0. The molecule has 1 N–H and O–H groups in total. The first-order chi connectivity index (χ1) is 6.27. The zero-order valence-electron chi connectivity index (χ0n) is 7.07. The second kappa shape index (κ2) is 2.90. The highest BCUT2D eigenvalue weighted by molar-refractivity contribution is 5.86. The molecule has 66 valence electrons. The summed E-state index contributed by atoms with van der Waals surface area (Å²) in [6, 6.07) is 5.43. The highest BCUT2D eigenvalue weighted by Gasteiger charge is 2.04. The predicted molar refractivity (Wildman–Crippen MR) is 47.4 cm³/mol. The first kappa shape index (κ1) is 7.79. The molecule has 4 heteroatoms. The van der Waals surface area contributed by atoms with Crippen LogP contribution in [0.5, 0.6) is 5.75 Å². The molecule has 0 saturated carbocycles. The van der Waals surface area contributed by atoms with Crippen LogP contribution < -0.4 is 4.74 Å². The summed E-state index contributed by atoms with van der Waals surface area (Å²) in [6.45, 7) is 1.37. The number of nitrogens with zero attached hydrogens (tertiary/aromatic N) is 1. The van der Waals surface area contributed by atoms with Crippen LogP contribution in [0.25, 0.3) is 10.9 Å². The number of hydrogen-bond acceptors (Lipinski definition) is 3. The summed E-state index contributed by atoms with van der Waals surface area (Å²) in [5.41, 5.74) is 0.748. The Morgan fingerprint density at radius 1 is 1.54 bits per heavy atom. The van der Waals surface area contributed by atoms with Crippen molar-refractivity contribution in [3.8, 4) is 5.75 Å². The van der Waals surface area contributed by atoms with Crippen LogP contribution in [0.1, 0.15) is 6.92 Å². The highest BCUT2D eigenvalue weighted by atomic mass is 16.5. The summed E-state index contributed by atoms with van der Waals surface area (Å²) in [5, 5.41) is 7.55. The number of esters is 1. The number of aromatic nitrogens is 2. The number of nitrogens with one attached hydrogen (secondary N) is 1. The lowest BCUT2D eigenvalue weighted by molar-refractivity contribution is -0.131. The largest absolute Gasteiger partial charge is 0.424 e. The van der Waals surface area contributed by atoms with Gasteiger partial charge < -0.3 is 4.74 Å². The predicted octanol–water partition coefficient (Wildman–Crippen LogP) is 1.49. The van der Waals surface area contributed by atoms with Gasteiger partial charge in [-0.1, -0.05) is 12.1 Å². The van der Waals surface area contributed by atoms with Crippen molar-refractivity contribution in [2.45, 2.75) is 6.92 Å². The summed E-state index contributed by atoms with van der Waals surface area (Å²) in [7, 11) is 0. The van der Waals surface area contributed by atoms with Crippen LogP contribution in [-0.4, -0.2) is 16.2 Å². The molecule has 0 aliphatic rings. The van der Waals surface area contributed by atoms with E-state index in [0.717, 1.165) is 10.9 Å². The number of rotatable bonds is 1. The molecular formula is C9H8N2O2. The first-order valence-corrected chi connectivity index (χ1v) is 3.88. The van der Waals surface area contributed by atoms with Gasteiger partial charge in [-0.05, 0) is 6.07 Å². The van der Waals surface area contributed by atoms with E-state index in [1.165, 1.54) is 6.92 Å². The zero-order chi connectivity index (χ0) is 9.26. The number of H-pyrrole nitrogens is 1. The van der Waals surface area contributed by atoms with E-state index in [4.69, 9.17) is 4.74 Å². The van der Waals surface area contributed by atoms with Gasteiger partial charge in [-0.15, -0.1) is 0 Å². The molecule has 0 radical (unpaired) electrons. The average molecular weight is 176 g/mol. The molecule has 0 bridgehead atoms. The van der Waals surface area contributed by atoms with Gasteiger partial charge in [0.1, 0.15) is 5.52 Å². The van der Waals surface area contributed by atoms with E-state index < -0.39 is 0 Å². The molecule has 13 heavy (non-hydrogen) atoms. The second-order valence-corrected chi connectivity index (χ2v) is 2.68. The van der Waals surface area contributed by atoms with Gasteiger partial charge in [-0.3, -0.25) is 9.89 Å². The number of fused-ring (bicyclic) bond motifs is 1. The van der Waals surface area contributed by atoms with Crippen LogP contribution in [0.15, 0.2) is 24.4 Å². The fourth-order valence-corrected chi connectivity index (χ4v) is 1.18. The van der Waals surface area contributed by atoms with Crippen LogP contribution in [0.4, 0.5) is 0 Å². The Labute approximate surface area is 74.5 Å². The lowest BCUT2D eigenvalue weighted by atomic mass is 10.2. The molecule has 0 fully saturated rings. The van der Waals surface area contributed by atoms with Crippen molar-refractivity contribution in [3.05, 3.63) is 24.4 Å². The van der Waals surface area contributed by atoms with Crippen molar-refractivity contribution in [2.75, 3.05) is 0 Å². The molecule has 2 rings (SSSR count). The molecule has 1 aromatic heterocycles. The first-order valence-electron chi connectivity index (χ1n) is 3.88. The Morgan fingerprint density at radius 2 is 2.38 bits per heavy atom. The monoisotopic (exact) mass is 176 g/mol. The Balaban J connectivity index is 2.54. The van der Waals surface area contributed by atoms with E-state index >= 15 is 0 Å². The molecule has 0 atom stereocenters. The van der Waals surface area contributed by atoms with Crippen molar-refractivity contribution in [1.29, 1.82) is 0 Å². The summed E-state index contributed by atoms with van der Waals surface area (Å²) in [6.07, 6.45) is 1.68. The number of ether oxygens (including phenoxy) is 1. The molecule has 2 aromatic rings. The van der Waals surface area contributed by atoms with Gasteiger partial charge in [-0.2, -0.15) is 5.10 Å². The minimum atomic E-state index is -0.331. The molecule has 0 aliphatic carbocycles. The Hall–Kier alpha value is -1.84. The van der Waals surface area contributed by atoms with Crippen LogP contribution >= 0.6 is 0 Å². The molecule has 0 amide bonds. The Kier molecular flexibility index (Phi) is 1.73. The van der Waals surface area contributed by atoms with Crippen molar-refractivity contribution < 1.29 is 9.53 Å². The minimum Gasteiger partial charge on any atom is -0.424 e. The summed E-state index contributed by atoms with van der Waals surface area (Å²) in [5.74, 6) is 0.185. The number of carbonyl (C=O) groups excluding carboxylic acids is 1. The molecule has 0 spiro atoms. The lowest BCUT2D eigenvalue weighted by Gasteiger charge is -2.00. The van der Waals surface area contributed by atoms with Gasteiger partial charge in [-0.25, -0.2) is 0 Å².